The molecule has 1 saturated heterocycles. The van der Waals surface area contributed by atoms with Crippen LogP contribution in [0.3, 0.4) is 0 Å². The first-order chi connectivity index (χ1) is 13.3. The first-order valence-corrected chi connectivity index (χ1v) is 10.2. The molecule has 0 bridgehead atoms. The lowest BCUT2D eigenvalue weighted by molar-refractivity contribution is 0.104. The zero-order chi connectivity index (χ0) is 18.9. The molecule has 0 atom stereocenters. The molecule has 2 aromatic rings. The Labute approximate surface area is 164 Å². The van der Waals surface area contributed by atoms with Crippen molar-refractivity contribution in [2.24, 2.45) is 4.99 Å². The van der Waals surface area contributed by atoms with Crippen molar-refractivity contribution in [2.45, 2.75) is 26.4 Å². The van der Waals surface area contributed by atoms with Gasteiger partial charge in [-0.2, -0.15) is 4.37 Å². The maximum atomic E-state index is 5.61. The van der Waals surface area contributed by atoms with E-state index in [9.17, 15) is 0 Å². The number of aliphatic imine (C=N–C) groups is 1. The lowest BCUT2D eigenvalue weighted by Gasteiger charge is -2.36. The van der Waals surface area contributed by atoms with Gasteiger partial charge in [0.1, 0.15) is 18.2 Å². The Morgan fingerprint density at radius 1 is 1.37 bits per heavy atom. The molecule has 9 heteroatoms. The highest BCUT2D eigenvalue weighted by molar-refractivity contribution is 7.09. The molecule has 0 saturated carbocycles. The molecule has 1 aliphatic rings. The summed E-state index contributed by atoms with van der Waals surface area (Å²) in [4.78, 5) is 13.6. The number of aryl methyl sites for hydroxylation is 1. The third-order valence-electron chi connectivity index (χ3n) is 4.41. The summed E-state index contributed by atoms with van der Waals surface area (Å²) in [6.07, 6.45) is 3.47. The fourth-order valence-electron chi connectivity index (χ4n) is 2.90. The Morgan fingerprint density at radius 2 is 2.22 bits per heavy atom. The fourth-order valence-corrected chi connectivity index (χ4v) is 3.70. The van der Waals surface area contributed by atoms with Crippen LogP contribution in [0.15, 0.2) is 27.8 Å². The SMILES string of the molecule is CCc1nsc(N2CCN(C(=NC)NCCCOCc3ccco3)CC2)n1. The third-order valence-corrected chi connectivity index (χ3v) is 5.22. The number of hydrogen-bond donors (Lipinski definition) is 1. The summed E-state index contributed by atoms with van der Waals surface area (Å²) in [6, 6.07) is 3.79. The van der Waals surface area contributed by atoms with Crippen LogP contribution in [0.25, 0.3) is 0 Å². The Bertz CT molecular complexity index is 695. The van der Waals surface area contributed by atoms with Crippen molar-refractivity contribution >= 4 is 22.6 Å². The summed E-state index contributed by atoms with van der Waals surface area (Å²) in [5, 5.41) is 4.46. The van der Waals surface area contributed by atoms with Crippen LogP contribution in [0.4, 0.5) is 5.13 Å². The van der Waals surface area contributed by atoms with Crippen molar-refractivity contribution in [3.05, 3.63) is 30.0 Å². The van der Waals surface area contributed by atoms with Crippen molar-refractivity contribution in [1.82, 2.24) is 19.6 Å². The van der Waals surface area contributed by atoms with Crippen molar-refractivity contribution in [3.8, 4) is 0 Å². The zero-order valence-corrected chi connectivity index (χ0v) is 16.9. The number of furan rings is 1. The first kappa shape index (κ1) is 19.6. The van der Waals surface area contributed by atoms with E-state index >= 15 is 0 Å². The van der Waals surface area contributed by atoms with Gasteiger partial charge in [0.05, 0.1) is 6.26 Å². The molecule has 0 amide bonds. The van der Waals surface area contributed by atoms with Crippen molar-refractivity contribution < 1.29 is 9.15 Å². The normalized spacial score (nSPS) is 15.4. The van der Waals surface area contributed by atoms with E-state index in [4.69, 9.17) is 9.15 Å². The summed E-state index contributed by atoms with van der Waals surface area (Å²) in [7, 11) is 1.83. The molecule has 0 aromatic carbocycles. The molecule has 0 unspecified atom stereocenters. The van der Waals surface area contributed by atoms with E-state index < -0.39 is 0 Å². The topological polar surface area (TPSA) is 79.0 Å². The van der Waals surface area contributed by atoms with E-state index in [2.05, 4.69) is 36.4 Å². The van der Waals surface area contributed by atoms with Gasteiger partial charge in [-0.15, -0.1) is 0 Å². The summed E-state index contributed by atoms with van der Waals surface area (Å²) < 4.78 is 15.2. The molecule has 27 heavy (non-hydrogen) atoms. The quantitative estimate of drug-likeness (QED) is 0.418. The maximum absolute atomic E-state index is 5.61. The lowest BCUT2D eigenvalue weighted by atomic mass is 10.3. The molecule has 8 nitrogen and oxygen atoms in total. The number of ether oxygens (including phenoxy) is 1. The van der Waals surface area contributed by atoms with E-state index in [1.54, 1.807) is 6.26 Å². The van der Waals surface area contributed by atoms with Crippen LogP contribution < -0.4 is 10.2 Å². The van der Waals surface area contributed by atoms with Crippen LogP contribution in [0.5, 0.6) is 0 Å². The van der Waals surface area contributed by atoms with Crippen LogP contribution in [-0.2, 0) is 17.8 Å². The summed E-state index contributed by atoms with van der Waals surface area (Å²) >= 11 is 1.50. The average molecular weight is 393 g/mol. The van der Waals surface area contributed by atoms with E-state index in [1.807, 2.05) is 19.2 Å². The summed E-state index contributed by atoms with van der Waals surface area (Å²) in [6.45, 7) is 7.86. The van der Waals surface area contributed by atoms with Gasteiger partial charge in [0.25, 0.3) is 0 Å². The largest absolute Gasteiger partial charge is 0.467 e. The van der Waals surface area contributed by atoms with Crippen molar-refractivity contribution in [2.75, 3.05) is 51.3 Å². The number of nitrogens with zero attached hydrogens (tertiary/aromatic N) is 5. The van der Waals surface area contributed by atoms with Crippen LogP contribution >= 0.6 is 11.5 Å². The van der Waals surface area contributed by atoms with Gasteiger partial charge in [-0.1, -0.05) is 6.92 Å². The number of anilines is 1. The van der Waals surface area contributed by atoms with E-state index in [0.29, 0.717) is 13.2 Å². The predicted octanol–water partition coefficient (Wildman–Crippen LogP) is 2.00. The minimum Gasteiger partial charge on any atom is -0.467 e. The molecule has 3 heterocycles. The number of guanidine groups is 1. The molecular formula is C18H28N6O2S. The second kappa shape index (κ2) is 10.3. The fraction of sp³-hybridized carbons (Fsp3) is 0.611. The van der Waals surface area contributed by atoms with E-state index in [0.717, 1.165) is 68.2 Å². The van der Waals surface area contributed by atoms with Gasteiger partial charge in [-0.25, -0.2) is 4.98 Å². The number of aromatic nitrogens is 2. The van der Waals surface area contributed by atoms with Gasteiger partial charge in [-0.3, -0.25) is 4.99 Å². The van der Waals surface area contributed by atoms with Gasteiger partial charge in [0, 0.05) is 64.3 Å². The standard InChI is InChI=1S/C18H28N6O2S/c1-3-16-21-18(27-22-16)24-10-8-23(9-11-24)17(19-2)20-7-5-12-25-14-15-6-4-13-26-15/h4,6,13H,3,5,7-12,14H2,1-2H3,(H,19,20). The third kappa shape index (κ3) is 5.67. The van der Waals surface area contributed by atoms with Crippen molar-refractivity contribution in [3.63, 3.8) is 0 Å². The average Bonchev–Trinajstić information content (AvgIpc) is 3.39. The highest BCUT2D eigenvalue weighted by Gasteiger charge is 2.21. The molecule has 1 fully saturated rings. The minimum absolute atomic E-state index is 0.523. The van der Waals surface area contributed by atoms with Gasteiger partial charge >= 0.3 is 0 Å². The van der Waals surface area contributed by atoms with Crippen LogP contribution in [-0.4, -0.2) is 66.6 Å². The molecule has 3 rings (SSSR count). The first-order valence-electron chi connectivity index (χ1n) is 9.43. The molecule has 1 N–H and O–H groups in total. The van der Waals surface area contributed by atoms with E-state index in [1.165, 1.54) is 11.5 Å². The van der Waals surface area contributed by atoms with Gasteiger partial charge < -0.3 is 24.3 Å². The highest BCUT2D eigenvalue weighted by Crippen LogP contribution is 2.19. The molecule has 0 spiro atoms. The smallest absolute Gasteiger partial charge is 0.205 e. The van der Waals surface area contributed by atoms with Crippen LogP contribution in [0.1, 0.15) is 24.9 Å². The zero-order valence-electron chi connectivity index (χ0n) is 16.1. The minimum atomic E-state index is 0.523. The summed E-state index contributed by atoms with van der Waals surface area (Å²) in [5.74, 6) is 2.74. The lowest BCUT2D eigenvalue weighted by Crippen LogP contribution is -2.52. The Balaban J connectivity index is 1.33. The summed E-state index contributed by atoms with van der Waals surface area (Å²) in [5.41, 5.74) is 0. The molecule has 0 aliphatic carbocycles. The highest BCUT2D eigenvalue weighted by atomic mass is 32.1. The number of hydrogen-bond acceptors (Lipinski definition) is 7. The Morgan fingerprint density at radius 3 is 2.89 bits per heavy atom. The monoisotopic (exact) mass is 392 g/mol. The number of nitrogens with one attached hydrogen (secondary N) is 1. The Hall–Kier alpha value is -2.13. The second-order valence-electron chi connectivity index (χ2n) is 6.28. The van der Waals surface area contributed by atoms with E-state index in [-0.39, 0.29) is 0 Å². The maximum Gasteiger partial charge on any atom is 0.205 e. The second-order valence-corrected chi connectivity index (χ2v) is 7.01. The molecule has 148 valence electrons. The van der Waals surface area contributed by atoms with Crippen LogP contribution in [0, 0.1) is 0 Å². The molecule has 2 aromatic heterocycles. The van der Waals surface area contributed by atoms with Crippen molar-refractivity contribution in [1.29, 1.82) is 0 Å². The molecule has 0 radical (unpaired) electrons. The number of piperazine rings is 1. The number of rotatable bonds is 8. The van der Waals surface area contributed by atoms with Crippen LogP contribution in [0.2, 0.25) is 0 Å². The molecular weight excluding hydrogens is 364 g/mol. The molecule has 1 aliphatic heterocycles. The van der Waals surface area contributed by atoms with Gasteiger partial charge in [0.2, 0.25) is 5.13 Å². The van der Waals surface area contributed by atoms with Gasteiger partial charge in [0.15, 0.2) is 5.96 Å². The van der Waals surface area contributed by atoms with Gasteiger partial charge in [-0.05, 0) is 18.6 Å². The predicted molar refractivity (Wildman–Crippen MR) is 107 cm³/mol. The Kier molecular flexibility index (Phi) is 7.46.